The highest BCUT2D eigenvalue weighted by Gasteiger charge is 2.48. The van der Waals surface area contributed by atoms with E-state index in [4.69, 9.17) is 19.0 Å². The van der Waals surface area contributed by atoms with Crippen LogP contribution in [-0.2, 0) is 19.1 Å². The molecule has 1 fully saturated rings. The van der Waals surface area contributed by atoms with Crippen molar-refractivity contribution in [3.63, 3.8) is 0 Å². The van der Waals surface area contributed by atoms with Gasteiger partial charge in [-0.3, -0.25) is 14.5 Å². The number of oxazole rings is 1. The summed E-state index contributed by atoms with van der Waals surface area (Å²) < 4.78 is 16.8. The third-order valence-corrected chi connectivity index (χ3v) is 4.66. The summed E-state index contributed by atoms with van der Waals surface area (Å²) in [7, 11) is 0. The van der Waals surface area contributed by atoms with Gasteiger partial charge in [0.05, 0.1) is 6.61 Å². The summed E-state index contributed by atoms with van der Waals surface area (Å²) in [4.78, 5) is 41.1. The topological polar surface area (TPSA) is 119 Å². The fraction of sp³-hybridized carbons (Fsp3) is 0.636. The zero-order valence-electron chi connectivity index (χ0n) is 18.8. The number of ketones is 1. The molecule has 1 amide bonds. The van der Waals surface area contributed by atoms with Crippen molar-refractivity contribution in [2.75, 3.05) is 6.61 Å². The molecule has 0 aliphatic carbocycles. The SMILES string of the molecule is CC(C)(C)OC(=O)N1C(c2nc(/C=C/C(=O)CCCCCC(=O)O)co2)COC1(C)C. The highest BCUT2D eigenvalue weighted by atomic mass is 16.6. The van der Waals surface area contributed by atoms with Crippen molar-refractivity contribution in [2.45, 2.75) is 84.1 Å². The van der Waals surface area contributed by atoms with E-state index >= 15 is 0 Å². The molecule has 0 spiro atoms. The van der Waals surface area contributed by atoms with Gasteiger partial charge in [-0.15, -0.1) is 0 Å². The number of hydrogen-bond donors (Lipinski definition) is 1. The van der Waals surface area contributed by atoms with Crippen molar-refractivity contribution in [1.29, 1.82) is 0 Å². The van der Waals surface area contributed by atoms with E-state index in [0.717, 1.165) is 0 Å². The van der Waals surface area contributed by atoms with Crippen molar-refractivity contribution in [1.82, 2.24) is 9.88 Å². The van der Waals surface area contributed by atoms with Crippen molar-refractivity contribution in [3.05, 3.63) is 23.9 Å². The number of aromatic nitrogens is 1. The zero-order valence-corrected chi connectivity index (χ0v) is 18.8. The number of unbranched alkanes of at least 4 members (excludes halogenated alkanes) is 2. The molecule has 2 rings (SSSR count). The summed E-state index contributed by atoms with van der Waals surface area (Å²) >= 11 is 0. The molecule has 1 aromatic heterocycles. The van der Waals surface area contributed by atoms with Crippen LogP contribution in [0, 0.1) is 0 Å². The van der Waals surface area contributed by atoms with E-state index in [1.165, 1.54) is 17.2 Å². The van der Waals surface area contributed by atoms with Gasteiger partial charge in [0.1, 0.15) is 29.3 Å². The quantitative estimate of drug-likeness (QED) is 0.448. The second-order valence-corrected chi connectivity index (χ2v) is 8.99. The molecule has 0 saturated carbocycles. The smallest absolute Gasteiger partial charge is 0.413 e. The Balaban J connectivity index is 1.97. The van der Waals surface area contributed by atoms with Gasteiger partial charge >= 0.3 is 12.1 Å². The summed E-state index contributed by atoms with van der Waals surface area (Å²) in [5.74, 6) is -0.591. The third kappa shape index (κ3) is 7.50. The molecule has 1 aromatic rings. The molecular weight excluding hydrogens is 404 g/mol. The van der Waals surface area contributed by atoms with Crippen molar-refractivity contribution < 1.29 is 33.4 Å². The van der Waals surface area contributed by atoms with Crippen molar-refractivity contribution >= 4 is 23.9 Å². The number of nitrogens with zero attached hydrogens (tertiary/aromatic N) is 2. The van der Waals surface area contributed by atoms with E-state index in [1.54, 1.807) is 40.7 Å². The lowest BCUT2D eigenvalue weighted by Crippen LogP contribution is -2.47. The maximum atomic E-state index is 12.7. The summed E-state index contributed by atoms with van der Waals surface area (Å²) in [6.45, 7) is 9.14. The summed E-state index contributed by atoms with van der Waals surface area (Å²) in [5, 5.41) is 8.61. The molecule has 2 heterocycles. The number of carboxylic acids is 1. The van der Waals surface area contributed by atoms with Gasteiger partial charge in [0.25, 0.3) is 0 Å². The van der Waals surface area contributed by atoms with E-state index in [-0.39, 0.29) is 18.8 Å². The minimum absolute atomic E-state index is 0.0689. The Kier molecular flexibility index (Phi) is 8.00. The Morgan fingerprint density at radius 3 is 2.58 bits per heavy atom. The number of aliphatic carboxylic acids is 1. The highest BCUT2D eigenvalue weighted by molar-refractivity contribution is 5.93. The van der Waals surface area contributed by atoms with E-state index in [0.29, 0.717) is 37.3 Å². The van der Waals surface area contributed by atoms with E-state index in [1.807, 2.05) is 0 Å². The van der Waals surface area contributed by atoms with Crippen LogP contribution in [0.5, 0.6) is 0 Å². The van der Waals surface area contributed by atoms with E-state index in [9.17, 15) is 14.4 Å². The fourth-order valence-electron chi connectivity index (χ4n) is 3.19. The lowest BCUT2D eigenvalue weighted by Gasteiger charge is -2.34. The van der Waals surface area contributed by atoms with Crippen LogP contribution in [0.3, 0.4) is 0 Å². The van der Waals surface area contributed by atoms with Gasteiger partial charge in [-0.05, 0) is 59.6 Å². The lowest BCUT2D eigenvalue weighted by molar-refractivity contribution is -0.137. The molecule has 9 heteroatoms. The largest absolute Gasteiger partial charge is 0.481 e. The maximum absolute atomic E-state index is 12.7. The third-order valence-electron chi connectivity index (χ3n) is 4.66. The summed E-state index contributed by atoms with van der Waals surface area (Å²) in [5.41, 5.74) is -1.07. The second-order valence-electron chi connectivity index (χ2n) is 8.99. The number of carbonyl (C=O) groups excluding carboxylic acids is 2. The minimum atomic E-state index is -0.881. The number of ether oxygens (including phenoxy) is 2. The average Bonchev–Trinajstić information content (AvgIpc) is 3.21. The highest BCUT2D eigenvalue weighted by Crippen LogP contribution is 2.37. The van der Waals surface area contributed by atoms with Crippen LogP contribution in [0.4, 0.5) is 4.79 Å². The van der Waals surface area contributed by atoms with Crippen LogP contribution in [0.15, 0.2) is 16.8 Å². The van der Waals surface area contributed by atoms with Gasteiger partial charge in [0.15, 0.2) is 5.78 Å². The van der Waals surface area contributed by atoms with Crippen LogP contribution in [0.25, 0.3) is 6.08 Å². The molecule has 1 aliphatic heterocycles. The van der Waals surface area contributed by atoms with Gasteiger partial charge in [-0.2, -0.15) is 0 Å². The number of hydrogen-bond acceptors (Lipinski definition) is 7. The number of amides is 1. The number of carbonyl (C=O) groups is 3. The van der Waals surface area contributed by atoms with Gasteiger partial charge in [-0.1, -0.05) is 6.42 Å². The predicted molar refractivity (Wildman–Crippen MR) is 112 cm³/mol. The van der Waals surface area contributed by atoms with Crippen LogP contribution in [0.1, 0.15) is 84.3 Å². The van der Waals surface area contributed by atoms with Crippen LogP contribution in [-0.4, -0.2) is 50.8 Å². The normalized spacial score (nSPS) is 18.5. The number of carboxylic acid groups (broad SMARTS) is 1. The molecule has 1 unspecified atom stereocenters. The minimum Gasteiger partial charge on any atom is -0.481 e. The molecule has 1 N–H and O–H groups in total. The van der Waals surface area contributed by atoms with Gasteiger partial charge in [0.2, 0.25) is 5.89 Å². The molecule has 1 aliphatic rings. The monoisotopic (exact) mass is 436 g/mol. The number of rotatable bonds is 9. The molecule has 0 radical (unpaired) electrons. The first-order chi connectivity index (χ1) is 14.4. The van der Waals surface area contributed by atoms with E-state index < -0.39 is 29.4 Å². The first-order valence-electron chi connectivity index (χ1n) is 10.4. The van der Waals surface area contributed by atoms with Crippen LogP contribution in [0.2, 0.25) is 0 Å². The fourth-order valence-corrected chi connectivity index (χ4v) is 3.19. The first kappa shape index (κ1) is 24.6. The van der Waals surface area contributed by atoms with E-state index in [2.05, 4.69) is 4.98 Å². The van der Waals surface area contributed by atoms with Gasteiger partial charge < -0.3 is 19.0 Å². The molecule has 1 saturated heterocycles. The molecule has 1 atom stereocenters. The second kappa shape index (κ2) is 10.1. The first-order valence-corrected chi connectivity index (χ1v) is 10.4. The zero-order chi connectivity index (χ0) is 23.2. The predicted octanol–water partition coefficient (Wildman–Crippen LogP) is 4.34. The van der Waals surface area contributed by atoms with Crippen molar-refractivity contribution in [3.8, 4) is 0 Å². The lowest BCUT2D eigenvalue weighted by atomic mass is 10.1. The standard InChI is InChI=1S/C22H32N2O7/c1-21(2,3)31-20(28)24-17(14-30-22(24,4)5)19-23-15(13-29-19)11-12-16(25)9-7-6-8-10-18(26)27/h11-13,17H,6-10,14H2,1-5H3,(H,26,27)/b12-11+. The molecule has 9 nitrogen and oxygen atoms in total. The molecule has 172 valence electrons. The Hall–Kier alpha value is -2.68. The Morgan fingerprint density at radius 1 is 1.26 bits per heavy atom. The molecule has 0 bridgehead atoms. The molecule has 31 heavy (non-hydrogen) atoms. The summed E-state index contributed by atoms with van der Waals surface area (Å²) in [6.07, 6.45) is 6.25. The van der Waals surface area contributed by atoms with Gasteiger partial charge in [0, 0.05) is 12.8 Å². The summed E-state index contributed by atoms with van der Waals surface area (Å²) in [6, 6.07) is -0.545. The molecule has 0 aromatic carbocycles. The Labute approximate surface area is 182 Å². The number of allylic oxidation sites excluding steroid dienone is 1. The van der Waals surface area contributed by atoms with Crippen LogP contribution < -0.4 is 0 Å². The maximum Gasteiger partial charge on any atom is 0.413 e. The average molecular weight is 437 g/mol. The van der Waals surface area contributed by atoms with Gasteiger partial charge in [-0.25, -0.2) is 9.78 Å². The van der Waals surface area contributed by atoms with Crippen LogP contribution >= 0.6 is 0 Å². The Morgan fingerprint density at radius 2 is 1.94 bits per heavy atom. The Bertz CT molecular complexity index is 820. The van der Waals surface area contributed by atoms with Crippen molar-refractivity contribution in [2.24, 2.45) is 0 Å². The molecular formula is C22H32N2O7.